The summed E-state index contributed by atoms with van der Waals surface area (Å²) in [4.78, 5) is 33.4. The van der Waals surface area contributed by atoms with Crippen LogP contribution in [0.25, 0.3) is 5.69 Å². The highest BCUT2D eigenvalue weighted by molar-refractivity contribution is 8.00. The van der Waals surface area contributed by atoms with Crippen molar-refractivity contribution >= 4 is 29.4 Å². The number of carbonyl (C=O) groups is 1. The van der Waals surface area contributed by atoms with E-state index in [1.807, 2.05) is 36.1 Å². The van der Waals surface area contributed by atoms with Crippen molar-refractivity contribution in [1.82, 2.24) is 14.5 Å². The minimum absolute atomic E-state index is 0.0478. The molecule has 2 aliphatic heterocycles. The van der Waals surface area contributed by atoms with Crippen molar-refractivity contribution in [3.8, 4) is 11.4 Å². The van der Waals surface area contributed by atoms with E-state index in [4.69, 9.17) is 9.72 Å². The third-order valence-corrected chi connectivity index (χ3v) is 7.56. The number of aromatic nitrogens is 2. The fourth-order valence-corrected chi connectivity index (χ4v) is 5.71. The molecule has 160 valence electrons. The lowest BCUT2D eigenvalue weighted by atomic mass is 9.99. The van der Waals surface area contributed by atoms with E-state index < -0.39 is 0 Å². The van der Waals surface area contributed by atoms with Crippen LogP contribution in [0.4, 0.5) is 0 Å². The lowest BCUT2D eigenvalue weighted by molar-refractivity contribution is -0.129. The zero-order valence-corrected chi connectivity index (χ0v) is 19.1. The average molecular weight is 446 g/mol. The van der Waals surface area contributed by atoms with Crippen molar-refractivity contribution in [2.45, 2.75) is 43.2 Å². The molecular weight excluding hydrogens is 418 g/mol. The van der Waals surface area contributed by atoms with E-state index in [9.17, 15) is 9.59 Å². The molecule has 0 radical (unpaired) electrons. The highest BCUT2D eigenvalue weighted by Crippen LogP contribution is 2.30. The molecule has 1 fully saturated rings. The Kier molecular flexibility index (Phi) is 6.73. The zero-order valence-electron chi connectivity index (χ0n) is 17.4. The number of aryl methyl sites for hydroxylation is 1. The van der Waals surface area contributed by atoms with Crippen LogP contribution in [0, 0.1) is 5.92 Å². The number of likely N-dealkylation sites (tertiary alicyclic amines) is 1. The van der Waals surface area contributed by atoms with Crippen molar-refractivity contribution in [2.24, 2.45) is 5.92 Å². The fraction of sp³-hybridized carbons (Fsp3) is 0.500. The van der Waals surface area contributed by atoms with Crippen molar-refractivity contribution in [2.75, 3.05) is 31.2 Å². The Morgan fingerprint density at radius 1 is 1.27 bits per heavy atom. The average Bonchev–Trinajstić information content (AvgIpc) is 3.23. The van der Waals surface area contributed by atoms with Gasteiger partial charge < -0.3 is 9.64 Å². The maximum absolute atomic E-state index is 13.2. The molecule has 8 heteroatoms. The van der Waals surface area contributed by atoms with E-state index in [-0.39, 0.29) is 11.5 Å². The van der Waals surface area contributed by atoms with Gasteiger partial charge in [-0.05, 0) is 49.9 Å². The summed E-state index contributed by atoms with van der Waals surface area (Å²) in [5, 5.41) is 0.587. The smallest absolute Gasteiger partial charge is 0.272 e. The number of fused-ring (bicyclic) bond motifs is 1. The van der Waals surface area contributed by atoms with Crippen LogP contribution in [-0.2, 0) is 11.2 Å². The van der Waals surface area contributed by atoms with Crippen molar-refractivity contribution in [3.63, 3.8) is 0 Å². The lowest BCUT2D eigenvalue weighted by Crippen LogP contribution is -2.39. The number of hydrogen-bond acceptors (Lipinski definition) is 6. The number of amides is 1. The second kappa shape index (κ2) is 9.47. The van der Waals surface area contributed by atoms with Crippen LogP contribution in [0.1, 0.15) is 32.4 Å². The van der Waals surface area contributed by atoms with E-state index in [0.29, 0.717) is 23.4 Å². The Hall–Kier alpha value is -1.93. The van der Waals surface area contributed by atoms with E-state index in [0.717, 1.165) is 60.1 Å². The third-order valence-electron chi connectivity index (χ3n) is 5.53. The van der Waals surface area contributed by atoms with Gasteiger partial charge in [0.1, 0.15) is 5.75 Å². The van der Waals surface area contributed by atoms with Gasteiger partial charge in [-0.2, -0.15) is 0 Å². The quantitative estimate of drug-likeness (QED) is 0.500. The van der Waals surface area contributed by atoms with E-state index >= 15 is 0 Å². The Bertz CT molecular complexity index is 967. The van der Waals surface area contributed by atoms with Gasteiger partial charge in [-0.25, -0.2) is 4.98 Å². The maximum Gasteiger partial charge on any atom is 0.272 e. The molecule has 0 spiro atoms. The lowest BCUT2D eigenvalue weighted by Gasteiger charge is -2.30. The largest absolute Gasteiger partial charge is 0.494 e. The van der Waals surface area contributed by atoms with Crippen molar-refractivity contribution < 1.29 is 9.53 Å². The first-order valence-electron chi connectivity index (χ1n) is 10.5. The summed E-state index contributed by atoms with van der Waals surface area (Å²) < 4.78 is 7.16. The van der Waals surface area contributed by atoms with Gasteiger partial charge in [-0.1, -0.05) is 18.7 Å². The molecule has 1 amide bonds. The molecule has 6 nitrogen and oxygen atoms in total. The van der Waals surface area contributed by atoms with Crippen LogP contribution < -0.4 is 10.3 Å². The fourth-order valence-electron chi connectivity index (χ4n) is 3.75. The molecular formula is C22H27N3O3S2. The highest BCUT2D eigenvalue weighted by atomic mass is 32.2. The summed E-state index contributed by atoms with van der Waals surface area (Å²) in [6.45, 7) is 6.41. The van der Waals surface area contributed by atoms with Crippen LogP contribution in [0.2, 0.25) is 0 Å². The highest BCUT2D eigenvalue weighted by Gasteiger charge is 2.25. The van der Waals surface area contributed by atoms with Crippen LogP contribution in [-0.4, -0.2) is 51.6 Å². The summed E-state index contributed by atoms with van der Waals surface area (Å²) in [6.07, 6.45) is 2.91. The molecule has 3 heterocycles. The van der Waals surface area contributed by atoms with Gasteiger partial charge in [0.05, 0.1) is 28.6 Å². The van der Waals surface area contributed by atoms with Crippen LogP contribution in [0.3, 0.4) is 0 Å². The Labute approximate surface area is 185 Å². The molecule has 0 atom stereocenters. The number of nitrogens with zero attached hydrogens (tertiary/aromatic N) is 3. The van der Waals surface area contributed by atoms with Crippen LogP contribution in [0.5, 0.6) is 5.75 Å². The summed E-state index contributed by atoms with van der Waals surface area (Å²) in [6, 6.07) is 7.47. The second-order valence-electron chi connectivity index (χ2n) is 7.69. The second-order valence-corrected chi connectivity index (χ2v) is 9.74. The topological polar surface area (TPSA) is 64.4 Å². The summed E-state index contributed by atoms with van der Waals surface area (Å²) in [5.41, 5.74) is 1.55. The van der Waals surface area contributed by atoms with E-state index in [1.54, 1.807) is 16.3 Å². The molecule has 30 heavy (non-hydrogen) atoms. The first kappa shape index (κ1) is 21.3. The number of rotatable bonds is 6. The van der Waals surface area contributed by atoms with Gasteiger partial charge in [0.2, 0.25) is 5.91 Å². The Morgan fingerprint density at radius 2 is 2.00 bits per heavy atom. The molecule has 0 bridgehead atoms. The molecule has 0 N–H and O–H groups in total. The molecule has 0 aliphatic carbocycles. The molecule has 0 unspecified atom stereocenters. The first-order chi connectivity index (χ1) is 14.6. The number of benzene rings is 1. The zero-order chi connectivity index (χ0) is 21.1. The maximum atomic E-state index is 13.2. The third kappa shape index (κ3) is 4.54. The Morgan fingerprint density at radius 3 is 2.70 bits per heavy atom. The molecule has 4 rings (SSSR count). The van der Waals surface area contributed by atoms with Crippen molar-refractivity contribution in [3.05, 3.63) is 40.3 Å². The number of hydrogen-bond donors (Lipinski definition) is 0. The number of piperidine rings is 1. The molecule has 1 saturated heterocycles. The van der Waals surface area contributed by atoms with E-state index in [2.05, 4.69) is 6.92 Å². The summed E-state index contributed by atoms with van der Waals surface area (Å²) >= 11 is 2.92. The van der Waals surface area contributed by atoms with Gasteiger partial charge in [-0.3, -0.25) is 14.2 Å². The van der Waals surface area contributed by atoms with Gasteiger partial charge in [0, 0.05) is 25.3 Å². The standard InChI is InChI=1S/C22H27N3O3S2/c1-3-28-17-6-4-16(5-7-17)25-21(27)20-18(10-13-29-20)23-22(25)30-14-19(26)24-11-8-15(2)9-12-24/h4-7,15H,3,8-14H2,1-2H3. The molecule has 1 aromatic carbocycles. The van der Waals surface area contributed by atoms with Gasteiger partial charge in [-0.15, -0.1) is 11.8 Å². The van der Waals surface area contributed by atoms with Gasteiger partial charge >= 0.3 is 0 Å². The summed E-state index contributed by atoms with van der Waals surface area (Å²) in [5.74, 6) is 2.74. The monoisotopic (exact) mass is 445 g/mol. The normalized spacial score (nSPS) is 16.5. The van der Waals surface area contributed by atoms with E-state index in [1.165, 1.54) is 11.8 Å². The molecule has 1 aromatic heterocycles. The number of carbonyl (C=O) groups excluding carboxylic acids is 1. The van der Waals surface area contributed by atoms with Crippen molar-refractivity contribution in [1.29, 1.82) is 0 Å². The first-order valence-corrected chi connectivity index (χ1v) is 12.5. The number of thioether (sulfide) groups is 2. The van der Waals surface area contributed by atoms with Crippen LogP contribution in [0.15, 0.2) is 39.1 Å². The van der Waals surface area contributed by atoms with Gasteiger partial charge in [0.25, 0.3) is 5.56 Å². The van der Waals surface area contributed by atoms with Gasteiger partial charge in [0.15, 0.2) is 5.16 Å². The SMILES string of the molecule is CCOc1ccc(-n2c(SCC(=O)N3CCC(C)CC3)nc3c(c2=O)SCC3)cc1. The molecule has 2 aliphatic rings. The predicted octanol–water partition coefficient (Wildman–Crippen LogP) is 3.63. The Balaban J connectivity index is 1.59. The molecule has 2 aromatic rings. The molecule has 0 saturated carbocycles. The minimum atomic E-state index is -0.0478. The summed E-state index contributed by atoms with van der Waals surface area (Å²) in [7, 11) is 0. The minimum Gasteiger partial charge on any atom is -0.494 e. The predicted molar refractivity (Wildman–Crippen MR) is 121 cm³/mol. The number of ether oxygens (including phenoxy) is 1. The van der Waals surface area contributed by atoms with Crippen LogP contribution >= 0.6 is 23.5 Å².